The molecule has 15 heavy (non-hydrogen) atoms. The third-order valence-corrected chi connectivity index (χ3v) is 3.63. The van der Waals surface area contributed by atoms with Gasteiger partial charge in [0.1, 0.15) is 5.78 Å². The normalized spacial score (nSPS) is 29.7. The summed E-state index contributed by atoms with van der Waals surface area (Å²) in [6, 6.07) is 0.387. The Morgan fingerprint density at radius 1 is 1.33 bits per heavy atom. The van der Waals surface area contributed by atoms with E-state index < -0.39 is 0 Å². The molecular weight excluding hydrogens is 214 g/mol. The van der Waals surface area contributed by atoms with Crippen LogP contribution < -0.4 is 0 Å². The van der Waals surface area contributed by atoms with Crippen molar-refractivity contribution >= 4 is 23.3 Å². The van der Waals surface area contributed by atoms with Crippen LogP contribution in [0.15, 0.2) is 0 Å². The Balaban J connectivity index is 1.98. The third kappa shape index (κ3) is 2.17. The van der Waals surface area contributed by atoms with Crippen LogP contribution in [0.4, 0.5) is 0 Å². The van der Waals surface area contributed by atoms with E-state index in [9.17, 15) is 9.59 Å². The molecule has 2 rings (SSSR count). The van der Waals surface area contributed by atoms with Gasteiger partial charge in [-0.3, -0.25) is 9.59 Å². The molecule has 0 aromatic carbocycles. The van der Waals surface area contributed by atoms with Gasteiger partial charge < -0.3 is 4.90 Å². The van der Waals surface area contributed by atoms with Crippen molar-refractivity contribution in [3.05, 3.63) is 0 Å². The van der Waals surface area contributed by atoms with Crippen LogP contribution >= 0.6 is 11.6 Å². The molecule has 2 atom stereocenters. The van der Waals surface area contributed by atoms with Gasteiger partial charge >= 0.3 is 0 Å². The van der Waals surface area contributed by atoms with E-state index in [0.29, 0.717) is 30.9 Å². The number of halogens is 1. The summed E-state index contributed by atoms with van der Waals surface area (Å²) in [7, 11) is 0. The lowest BCUT2D eigenvalue weighted by atomic mass is 10.0. The number of fused-ring (bicyclic) bond motifs is 2. The van der Waals surface area contributed by atoms with Crippen LogP contribution in [0.3, 0.4) is 0 Å². The fourth-order valence-electron chi connectivity index (χ4n) is 2.73. The van der Waals surface area contributed by atoms with Gasteiger partial charge in [-0.05, 0) is 19.3 Å². The monoisotopic (exact) mass is 229 g/mol. The Morgan fingerprint density at radius 2 is 1.93 bits per heavy atom. The highest BCUT2D eigenvalue weighted by Gasteiger charge is 2.42. The molecule has 2 unspecified atom stereocenters. The molecule has 0 aromatic rings. The lowest BCUT2D eigenvalue weighted by molar-refractivity contribution is -0.138. The lowest BCUT2D eigenvalue weighted by Crippen LogP contribution is -2.46. The van der Waals surface area contributed by atoms with Crippen molar-refractivity contribution in [2.45, 2.75) is 50.6 Å². The molecule has 0 N–H and O–H groups in total. The van der Waals surface area contributed by atoms with Gasteiger partial charge in [0.05, 0.1) is 0 Å². The second kappa shape index (κ2) is 4.52. The molecule has 2 heterocycles. The van der Waals surface area contributed by atoms with Crippen molar-refractivity contribution in [2.75, 3.05) is 5.88 Å². The predicted molar refractivity (Wildman–Crippen MR) is 57.9 cm³/mol. The number of nitrogens with zero attached hydrogens (tertiary/aromatic N) is 1. The zero-order chi connectivity index (χ0) is 10.8. The van der Waals surface area contributed by atoms with Crippen molar-refractivity contribution < 1.29 is 9.59 Å². The minimum atomic E-state index is 0.190. The number of hydrogen-bond acceptors (Lipinski definition) is 2. The number of alkyl halides is 1. The quantitative estimate of drug-likeness (QED) is 0.692. The third-order valence-electron chi connectivity index (χ3n) is 3.36. The highest BCUT2D eigenvalue weighted by Crippen LogP contribution is 2.34. The smallest absolute Gasteiger partial charge is 0.223 e. The minimum absolute atomic E-state index is 0.190. The summed E-state index contributed by atoms with van der Waals surface area (Å²) in [5, 5.41) is 0. The SMILES string of the molecule is O=C1CC2CCC(C1)N2C(=O)CCCCl. The number of carbonyl (C=O) groups is 2. The van der Waals surface area contributed by atoms with E-state index in [4.69, 9.17) is 11.6 Å². The van der Waals surface area contributed by atoms with Crippen LogP contribution in [0.2, 0.25) is 0 Å². The van der Waals surface area contributed by atoms with Gasteiger partial charge in [-0.25, -0.2) is 0 Å². The molecule has 1 amide bonds. The van der Waals surface area contributed by atoms with Gasteiger partial charge in [-0.1, -0.05) is 0 Å². The molecule has 0 aliphatic carbocycles. The summed E-state index contributed by atoms with van der Waals surface area (Å²) in [6.07, 6.45) is 4.42. The zero-order valence-corrected chi connectivity index (χ0v) is 9.50. The van der Waals surface area contributed by atoms with E-state index in [0.717, 1.165) is 19.3 Å². The number of piperidine rings is 1. The molecule has 2 fully saturated rings. The summed E-state index contributed by atoms with van der Waals surface area (Å²) in [5.41, 5.74) is 0. The van der Waals surface area contributed by atoms with E-state index in [1.807, 2.05) is 4.90 Å². The van der Waals surface area contributed by atoms with Crippen molar-refractivity contribution in [1.82, 2.24) is 4.90 Å². The van der Waals surface area contributed by atoms with Crippen LogP contribution in [0.25, 0.3) is 0 Å². The summed E-state index contributed by atoms with van der Waals surface area (Å²) >= 11 is 5.57. The van der Waals surface area contributed by atoms with E-state index >= 15 is 0 Å². The molecule has 4 heteroatoms. The van der Waals surface area contributed by atoms with Crippen molar-refractivity contribution in [2.24, 2.45) is 0 Å². The fourth-order valence-corrected chi connectivity index (χ4v) is 2.86. The molecule has 0 aromatic heterocycles. The van der Waals surface area contributed by atoms with Gasteiger partial charge in [-0.15, -0.1) is 11.6 Å². The number of carbonyl (C=O) groups excluding carboxylic acids is 2. The van der Waals surface area contributed by atoms with E-state index in [1.165, 1.54) is 0 Å². The zero-order valence-electron chi connectivity index (χ0n) is 8.75. The maximum absolute atomic E-state index is 11.9. The van der Waals surface area contributed by atoms with Crippen LogP contribution in [-0.2, 0) is 9.59 Å². The molecule has 3 nitrogen and oxygen atoms in total. The van der Waals surface area contributed by atoms with Gasteiger partial charge in [0.2, 0.25) is 5.91 Å². The first kappa shape index (κ1) is 10.9. The Labute approximate surface area is 94.8 Å². The number of hydrogen-bond donors (Lipinski definition) is 0. The van der Waals surface area contributed by atoms with Crippen molar-refractivity contribution in [1.29, 1.82) is 0 Å². The molecule has 84 valence electrons. The number of rotatable bonds is 3. The summed E-state index contributed by atoms with van der Waals surface area (Å²) in [6.45, 7) is 0. The maximum Gasteiger partial charge on any atom is 0.223 e. The fraction of sp³-hybridized carbons (Fsp3) is 0.818. The molecule has 0 saturated carbocycles. The predicted octanol–water partition coefficient (Wildman–Crippen LogP) is 1.73. The first-order valence-corrected chi connectivity index (χ1v) is 6.14. The largest absolute Gasteiger partial charge is 0.336 e. The second-order valence-electron chi connectivity index (χ2n) is 4.43. The standard InChI is InChI=1S/C11H16ClNO2/c12-5-1-2-11(15)13-8-3-4-9(13)7-10(14)6-8/h8-9H,1-7H2. The van der Waals surface area contributed by atoms with E-state index in [1.54, 1.807) is 0 Å². The Bertz CT molecular complexity index is 264. The average molecular weight is 230 g/mol. The molecule has 2 saturated heterocycles. The highest BCUT2D eigenvalue weighted by atomic mass is 35.5. The number of ketones is 1. The van der Waals surface area contributed by atoms with Gasteiger partial charge in [-0.2, -0.15) is 0 Å². The van der Waals surface area contributed by atoms with Crippen LogP contribution in [-0.4, -0.2) is 34.6 Å². The topological polar surface area (TPSA) is 37.4 Å². The highest BCUT2D eigenvalue weighted by molar-refractivity contribution is 6.17. The van der Waals surface area contributed by atoms with Gasteiger partial charge in [0.25, 0.3) is 0 Å². The maximum atomic E-state index is 11.9. The minimum Gasteiger partial charge on any atom is -0.336 e. The number of amides is 1. The number of Topliss-reactive ketones (excluding diaryl/α,β-unsaturated/α-hetero) is 1. The molecule has 0 spiro atoms. The van der Waals surface area contributed by atoms with Crippen molar-refractivity contribution in [3.8, 4) is 0 Å². The molecule has 2 aliphatic heterocycles. The first-order chi connectivity index (χ1) is 7.22. The van der Waals surface area contributed by atoms with Gasteiger partial charge in [0.15, 0.2) is 0 Å². The van der Waals surface area contributed by atoms with Gasteiger partial charge in [0, 0.05) is 37.2 Å². The van der Waals surface area contributed by atoms with Crippen molar-refractivity contribution in [3.63, 3.8) is 0 Å². The summed E-state index contributed by atoms with van der Waals surface area (Å²) in [5.74, 6) is 1.05. The molecule has 0 radical (unpaired) electrons. The Hall–Kier alpha value is -0.570. The van der Waals surface area contributed by atoms with E-state index in [2.05, 4.69) is 0 Å². The molecule has 2 bridgehead atoms. The first-order valence-electron chi connectivity index (χ1n) is 5.61. The van der Waals surface area contributed by atoms with Crippen LogP contribution in [0, 0.1) is 0 Å². The summed E-state index contributed by atoms with van der Waals surface area (Å²) in [4.78, 5) is 25.2. The second-order valence-corrected chi connectivity index (χ2v) is 4.80. The van der Waals surface area contributed by atoms with Crippen LogP contribution in [0.1, 0.15) is 38.5 Å². The van der Waals surface area contributed by atoms with Crippen LogP contribution in [0.5, 0.6) is 0 Å². The Morgan fingerprint density at radius 3 is 2.47 bits per heavy atom. The molecular formula is C11H16ClNO2. The lowest BCUT2D eigenvalue weighted by Gasteiger charge is -2.34. The Kier molecular flexibility index (Phi) is 3.29. The molecule has 2 aliphatic rings. The summed E-state index contributed by atoms with van der Waals surface area (Å²) < 4.78 is 0. The average Bonchev–Trinajstić information content (AvgIpc) is 2.48. The van der Waals surface area contributed by atoms with E-state index in [-0.39, 0.29) is 18.0 Å².